The number of carboxylic acid groups (broad SMARTS) is 1. The van der Waals surface area contributed by atoms with Gasteiger partial charge in [0.2, 0.25) is 0 Å². The molecule has 0 aromatic carbocycles. The molecule has 0 unspecified atom stereocenters. The molecule has 0 fully saturated rings. The number of hydrogen-bond donors (Lipinski definition) is 2. The molecule has 0 spiro atoms. The van der Waals surface area contributed by atoms with Gasteiger partial charge in [-0.05, 0) is 12.1 Å². The maximum atomic E-state index is 12.1. The Hall–Kier alpha value is -2.81. The molecule has 0 radical (unpaired) electrons. The Kier molecular flexibility index (Phi) is 5.36. The van der Waals surface area contributed by atoms with Gasteiger partial charge >= 0.3 is 5.97 Å². The number of carbonyl (C=O) groups is 3. The van der Waals surface area contributed by atoms with Gasteiger partial charge in [0, 0.05) is 31.4 Å². The number of rotatable bonds is 6. The van der Waals surface area contributed by atoms with E-state index in [0.717, 1.165) is 11.3 Å². The van der Waals surface area contributed by atoms with Crippen molar-refractivity contribution in [3.63, 3.8) is 0 Å². The Morgan fingerprint density at radius 3 is 2.83 bits per heavy atom. The summed E-state index contributed by atoms with van der Waals surface area (Å²) in [6.07, 6.45) is 2.84. The minimum absolute atomic E-state index is 0.0864. The number of anilines is 1. The number of aromatic nitrogens is 2. The zero-order chi connectivity index (χ0) is 16.8. The second kappa shape index (κ2) is 7.45. The van der Waals surface area contributed by atoms with Gasteiger partial charge in [-0.3, -0.25) is 24.7 Å². The number of thiazole rings is 1. The quantitative estimate of drug-likeness (QED) is 0.824. The topological polar surface area (TPSA) is 112 Å². The summed E-state index contributed by atoms with van der Waals surface area (Å²) >= 11 is 1.12. The molecule has 0 aliphatic rings. The smallest absolute Gasteiger partial charge is 0.305 e. The number of aliphatic carboxylic acids is 1. The fourth-order valence-electron chi connectivity index (χ4n) is 1.66. The van der Waals surface area contributed by atoms with Crippen molar-refractivity contribution in [2.45, 2.75) is 6.42 Å². The Morgan fingerprint density at radius 1 is 1.39 bits per heavy atom. The van der Waals surface area contributed by atoms with E-state index in [9.17, 15) is 14.4 Å². The molecule has 0 aliphatic carbocycles. The number of nitrogens with one attached hydrogen (secondary N) is 1. The first-order valence-electron chi connectivity index (χ1n) is 6.61. The van der Waals surface area contributed by atoms with Crippen LogP contribution in [-0.4, -0.2) is 51.4 Å². The lowest BCUT2D eigenvalue weighted by molar-refractivity contribution is -0.137. The van der Waals surface area contributed by atoms with E-state index in [1.54, 1.807) is 18.3 Å². The first kappa shape index (κ1) is 16.6. The van der Waals surface area contributed by atoms with E-state index in [2.05, 4.69) is 15.3 Å². The number of hydrogen-bond acceptors (Lipinski definition) is 6. The molecule has 23 heavy (non-hydrogen) atoms. The highest BCUT2D eigenvalue weighted by Crippen LogP contribution is 2.17. The van der Waals surface area contributed by atoms with Gasteiger partial charge in [0.25, 0.3) is 11.8 Å². The van der Waals surface area contributed by atoms with Crippen LogP contribution in [-0.2, 0) is 4.79 Å². The van der Waals surface area contributed by atoms with Crippen LogP contribution < -0.4 is 5.32 Å². The van der Waals surface area contributed by atoms with Crippen LogP contribution in [0.3, 0.4) is 0 Å². The van der Waals surface area contributed by atoms with Gasteiger partial charge in [0.1, 0.15) is 5.69 Å². The van der Waals surface area contributed by atoms with Gasteiger partial charge in [0.15, 0.2) is 5.13 Å². The first-order valence-corrected chi connectivity index (χ1v) is 7.49. The molecular formula is C14H14N4O4S. The van der Waals surface area contributed by atoms with Crippen molar-refractivity contribution in [1.82, 2.24) is 14.9 Å². The fraction of sp³-hybridized carbons (Fsp3) is 0.214. The summed E-state index contributed by atoms with van der Waals surface area (Å²) in [5.74, 6) is -1.75. The molecule has 2 aromatic heterocycles. The van der Waals surface area contributed by atoms with E-state index in [0.29, 0.717) is 5.56 Å². The van der Waals surface area contributed by atoms with Gasteiger partial charge in [-0.1, -0.05) is 0 Å². The highest BCUT2D eigenvalue weighted by Gasteiger charge is 2.17. The molecule has 0 saturated carbocycles. The third-order valence-electron chi connectivity index (χ3n) is 2.88. The number of nitrogens with zero attached hydrogens (tertiary/aromatic N) is 3. The van der Waals surface area contributed by atoms with Gasteiger partial charge in [-0.2, -0.15) is 0 Å². The summed E-state index contributed by atoms with van der Waals surface area (Å²) < 4.78 is 0. The highest BCUT2D eigenvalue weighted by molar-refractivity contribution is 7.14. The van der Waals surface area contributed by atoms with Gasteiger partial charge in [0.05, 0.1) is 12.0 Å². The second-order valence-corrected chi connectivity index (χ2v) is 5.46. The predicted molar refractivity (Wildman–Crippen MR) is 83.5 cm³/mol. The molecule has 2 N–H and O–H groups in total. The second-order valence-electron chi connectivity index (χ2n) is 4.60. The van der Waals surface area contributed by atoms with E-state index in [-0.39, 0.29) is 29.7 Å². The SMILES string of the molecule is CN(CCC(=O)O)C(=O)c1csc(NC(=O)c2cccnc2)n1. The average Bonchev–Trinajstić information content (AvgIpc) is 3.01. The summed E-state index contributed by atoms with van der Waals surface area (Å²) in [5.41, 5.74) is 0.540. The molecule has 2 aromatic rings. The maximum Gasteiger partial charge on any atom is 0.305 e. The van der Waals surface area contributed by atoms with Crippen molar-refractivity contribution in [1.29, 1.82) is 0 Å². The summed E-state index contributed by atoms with van der Waals surface area (Å²) in [6.45, 7) is 0.0864. The highest BCUT2D eigenvalue weighted by atomic mass is 32.1. The van der Waals surface area contributed by atoms with Gasteiger partial charge < -0.3 is 10.0 Å². The van der Waals surface area contributed by atoms with E-state index < -0.39 is 11.9 Å². The van der Waals surface area contributed by atoms with Gasteiger partial charge in [-0.25, -0.2) is 4.98 Å². The number of amides is 2. The molecule has 8 nitrogen and oxygen atoms in total. The van der Waals surface area contributed by atoms with Crippen molar-refractivity contribution in [3.05, 3.63) is 41.2 Å². The molecular weight excluding hydrogens is 320 g/mol. The number of carbonyl (C=O) groups excluding carboxylic acids is 2. The average molecular weight is 334 g/mol. The van der Waals surface area contributed by atoms with E-state index >= 15 is 0 Å². The lowest BCUT2D eigenvalue weighted by Crippen LogP contribution is -2.29. The zero-order valence-electron chi connectivity index (χ0n) is 12.2. The molecule has 2 amide bonds. The third-order valence-corrected chi connectivity index (χ3v) is 3.63. The molecule has 0 bridgehead atoms. The summed E-state index contributed by atoms with van der Waals surface area (Å²) in [7, 11) is 1.50. The Labute approximate surface area is 135 Å². The molecule has 9 heteroatoms. The summed E-state index contributed by atoms with van der Waals surface area (Å²) in [4.78, 5) is 43.7. The van der Waals surface area contributed by atoms with E-state index in [1.807, 2.05) is 0 Å². The molecule has 2 rings (SSSR count). The van der Waals surface area contributed by atoms with Crippen molar-refractivity contribution < 1.29 is 19.5 Å². The van der Waals surface area contributed by atoms with Crippen LogP contribution in [0.25, 0.3) is 0 Å². The van der Waals surface area contributed by atoms with Crippen molar-refractivity contribution in [2.75, 3.05) is 18.9 Å². The summed E-state index contributed by atoms with van der Waals surface area (Å²) in [5, 5.41) is 13.0. The van der Waals surface area contributed by atoms with E-state index in [1.165, 1.54) is 23.5 Å². The van der Waals surface area contributed by atoms with Crippen molar-refractivity contribution >= 4 is 34.3 Å². The largest absolute Gasteiger partial charge is 0.481 e. The van der Waals surface area contributed by atoms with Crippen LogP contribution >= 0.6 is 11.3 Å². The monoisotopic (exact) mass is 334 g/mol. The molecule has 120 valence electrons. The van der Waals surface area contributed by atoms with Crippen LogP contribution in [0.1, 0.15) is 27.3 Å². The number of pyridine rings is 1. The minimum atomic E-state index is -0.979. The van der Waals surface area contributed by atoms with E-state index in [4.69, 9.17) is 5.11 Å². The first-order chi connectivity index (χ1) is 11.0. The number of carboxylic acids is 1. The maximum absolute atomic E-state index is 12.1. The Morgan fingerprint density at radius 2 is 2.17 bits per heavy atom. The molecule has 0 aliphatic heterocycles. The third kappa shape index (κ3) is 4.58. The van der Waals surface area contributed by atoms with Crippen LogP contribution in [0.5, 0.6) is 0 Å². The van der Waals surface area contributed by atoms with Crippen LogP contribution in [0.4, 0.5) is 5.13 Å². The standard InChI is InChI=1S/C14H14N4O4S/c1-18(6-4-11(19)20)13(22)10-8-23-14(16-10)17-12(21)9-3-2-5-15-7-9/h2-3,5,7-8H,4,6H2,1H3,(H,19,20)(H,16,17,21). The summed E-state index contributed by atoms with van der Waals surface area (Å²) in [6, 6.07) is 3.25. The lowest BCUT2D eigenvalue weighted by Gasteiger charge is -2.14. The lowest BCUT2D eigenvalue weighted by atomic mass is 10.3. The van der Waals surface area contributed by atoms with Gasteiger partial charge in [-0.15, -0.1) is 11.3 Å². The molecule has 0 atom stereocenters. The van der Waals surface area contributed by atoms with Crippen LogP contribution in [0, 0.1) is 0 Å². The zero-order valence-corrected chi connectivity index (χ0v) is 13.0. The van der Waals surface area contributed by atoms with Crippen LogP contribution in [0.2, 0.25) is 0 Å². The minimum Gasteiger partial charge on any atom is -0.481 e. The molecule has 0 saturated heterocycles. The van der Waals surface area contributed by atoms with Crippen LogP contribution in [0.15, 0.2) is 29.9 Å². The fourth-order valence-corrected chi connectivity index (χ4v) is 2.34. The Bertz CT molecular complexity index is 717. The molecule has 2 heterocycles. The normalized spacial score (nSPS) is 10.1. The Balaban J connectivity index is 1.99. The predicted octanol–water partition coefficient (Wildman–Crippen LogP) is 1.34. The van der Waals surface area contributed by atoms with Crippen molar-refractivity contribution in [2.24, 2.45) is 0 Å². The van der Waals surface area contributed by atoms with Crippen molar-refractivity contribution in [3.8, 4) is 0 Å².